The van der Waals surface area contributed by atoms with Crippen molar-refractivity contribution in [2.24, 2.45) is 0 Å². The molecule has 0 N–H and O–H groups in total. The van der Waals surface area contributed by atoms with Gasteiger partial charge >= 0.3 is 0 Å². The Balaban J connectivity index is 1.59. The third kappa shape index (κ3) is 3.61. The quantitative estimate of drug-likeness (QED) is 0.482. The first kappa shape index (κ1) is 17.4. The van der Waals surface area contributed by atoms with Crippen LogP contribution in [0.1, 0.15) is 29.5 Å². The second-order valence-corrected chi connectivity index (χ2v) is 7.46. The Morgan fingerprint density at radius 2 is 1.89 bits per heavy atom. The molecule has 8 heteroatoms. The molecule has 0 spiro atoms. The molecule has 0 aliphatic heterocycles. The van der Waals surface area contributed by atoms with E-state index < -0.39 is 0 Å². The van der Waals surface area contributed by atoms with E-state index >= 15 is 0 Å². The fourth-order valence-corrected chi connectivity index (χ4v) is 3.65. The van der Waals surface area contributed by atoms with Crippen LogP contribution in [0.2, 0.25) is 0 Å². The molecule has 0 bridgehead atoms. The summed E-state index contributed by atoms with van der Waals surface area (Å²) in [4.78, 5) is 8.52. The number of hydrogen-bond donors (Lipinski definition) is 0. The number of aryl methyl sites for hydroxylation is 2. The minimum absolute atomic E-state index is 0.0692. The Morgan fingerprint density at radius 1 is 1.07 bits per heavy atom. The zero-order valence-corrected chi connectivity index (χ0v) is 16.0. The zero-order chi connectivity index (χ0) is 18.8. The highest BCUT2D eigenvalue weighted by Gasteiger charge is 2.21. The van der Waals surface area contributed by atoms with E-state index in [-0.39, 0.29) is 5.25 Å². The van der Waals surface area contributed by atoms with Gasteiger partial charge in [-0.05, 0) is 50.6 Å². The predicted octanol–water partition coefficient (Wildman–Crippen LogP) is 4.18. The molecule has 3 heterocycles. The Labute approximate surface area is 160 Å². The van der Waals surface area contributed by atoms with E-state index in [0.717, 1.165) is 22.2 Å². The first-order valence-corrected chi connectivity index (χ1v) is 9.39. The third-order valence-electron chi connectivity index (χ3n) is 4.07. The number of thioether (sulfide) groups is 1. The fourth-order valence-electron chi connectivity index (χ4n) is 2.71. The van der Waals surface area contributed by atoms with Crippen molar-refractivity contribution in [1.82, 2.24) is 29.9 Å². The molecule has 136 valence electrons. The zero-order valence-electron chi connectivity index (χ0n) is 15.2. The van der Waals surface area contributed by atoms with Crippen molar-refractivity contribution < 1.29 is 4.52 Å². The number of rotatable bonds is 5. The molecule has 7 nitrogen and oxygen atoms in total. The maximum atomic E-state index is 5.46. The van der Waals surface area contributed by atoms with Gasteiger partial charge in [0.1, 0.15) is 5.82 Å². The number of hydrogen-bond acceptors (Lipinski definition) is 7. The summed E-state index contributed by atoms with van der Waals surface area (Å²) in [5.41, 5.74) is 3.09. The molecule has 0 saturated carbocycles. The van der Waals surface area contributed by atoms with Crippen LogP contribution in [0, 0.1) is 13.8 Å². The summed E-state index contributed by atoms with van der Waals surface area (Å²) in [6, 6.07) is 12.0. The van der Waals surface area contributed by atoms with Crippen LogP contribution in [0.15, 0.2) is 58.5 Å². The van der Waals surface area contributed by atoms with Gasteiger partial charge in [-0.1, -0.05) is 29.1 Å². The van der Waals surface area contributed by atoms with Crippen LogP contribution in [0.3, 0.4) is 0 Å². The summed E-state index contributed by atoms with van der Waals surface area (Å²) in [6.45, 7) is 6.02. The predicted molar refractivity (Wildman–Crippen MR) is 103 cm³/mol. The largest absolute Gasteiger partial charge is 0.338 e. The monoisotopic (exact) mass is 378 g/mol. The molecule has 0 aliphatic carbocycles. The Bertz CT molecular complexity index is 1060. The van der Waals surface area contributed by atoms with E-state index in [1.165, 1.54) is 17.3 Å². The van der Waals surface area contributed by atoms with Crippen molar-refractivity contribution >= 4 is 11.8 Å². The van der Waals surface area contributed by atoms with E-state index in [1.807, 2.05) is 42.7 Å². The van der Waals surface area contributed by atoms with Gasteiger partial charge in [-0.15, -0.1) is 10.2 Å². The molecule has 0 amide bonds. The maximum absolute atomic E-state index is 5.46. The van der Waals surface area contributed by atoms with Crippen molar-refractivity contribution in [2.75, 3.05) is 0 Å². The molecule has 1 atom stereocenters. The highest BCUT2D eigenvalue weighted by Crippen LogP contribution is 2.35. The van der Waals surface area contributed by atoms with Gasteiger partial charge in [-0.2, -0.15) is 4.98 Å². The average molecular weight is 378 g/mol. The second-order valence-electron chi connectivity index (χ2n) is 6.16. The lowest BCUT2D eigenvalue weighted by Crippen LogP contribution is -2.01. The van der Waals surface area contributed by atoms with E-state index in [1.54, 1.807) is 12.4 Å². The molecule has 0 aliphatic rings. The molecule has 0 radical (unpaired) electrons. The lowest BCUT2D eigenvalue weighted by atomic mass is 10.2. The van der Waals surface area contributed by atoms with Gasteiger partial charge in [0.05, 0.1) is 5.25 Å². The third-order valence-corrected chi connectivity index (χ3v) is 5.10. The highest BCUT2D eigenvalue weighted by atomic mass is 32.2. The molecular weight excluding hydrogens is 360 g/mol. The SMILES string of the molecule is Cc1cccc(-n2c(C)nnc2S[C@@H](C)c2nc(-c3ccncc3)no2)c1. The van der Waals surface area contributed by atoms with Gasteiger partial charge in [-0.25, -0.2) is 0 Å². The number of nitrogens with zero attached hydrogens (tertiary/aromatic N) is 6. The van der Waals surface area contributed by atoms with Crippen LogP contribution in [0.4, 0.5) is 0 Å². The Kier molecular flexibility index (Phi) is 4.72. The van der Waals surface area contributed by atoms with E-state index in [9.17, 15) is 0 Å². The minimum atomic E-state index is -0.0692. The molecule has 27 heavy (non-hydrogen) atoms. The molecule has 4 aromatic rings. The molecule has 0 saturated heterocycles. The molecule has 3 aromatic heterocycles. The van der Waals surface area contributed by atoms with Gasteiger partial charge in [0.2, 0.25) is 11.7 Å². The first-order chi connectivity index (χ1) is 13.1. The Morgan fingerprint density at radius 3 is 2.67 bits per heavy atom. The second kappa shape index (κ2) is 7.32. The molecule has 4 rings (SSSR count). The van der Waals surface area contributed by atoms with Crippen molar-refractivity contribution in [3.8, 4) is 17.1 Å². The van der Waals surface area contributed by atoms with Crippen LogP contribution >= 0.6 is 11.8 Å². The summed E-state index contributed by atoms with van der Waals surface area (Å²) in [6.07, 6.45) is 3.41. The van der Waals surface area contributed by atoms with Crippen LogP contribution < -0.4 is 0 Å². The van der Waals surface area contributed by atoms with Crippen molar-refractivity contribution in [3.05, 3.63) is 66.1 Å². The van der Waals surface area contributed by atoms with Gasteiger partial charge in [0.15, 0.2) is 5.16 Å². The van der Waals surface area contributed by atoms with Crippen molar-refractivity contribution in [1.29, 1.82) is 0 Å². The van der Waals surface area contributed by atoms with E-state index in [2.05, 4.69) is 44.4 Å². The van der Waals surface area contributed by atoms with Crippen LogP contribution in [0.5, 0.6) is 0 Å². The molecule has 0 fully saturated rings. The average Bonchev–Trinajstić information content (AvgIpc) is 3.30. The Hall–Kier alpha value is -3.00. The number of benzene rings is 1. The van der Waals surface area contributed by atoms with Crippen molar-refractivity contribution in [3.63, 3.8) is 0 Å². The first-order valence-electron chi connectivity index (χ1n) is 8.51. The summed E-state index contributed by atoms with van der Waals surface area (Å²) in [7, 11) is 0. The fraction of sp³-hybridized carbons (Fsp3) is 0.211. The van der Waals surface area contributed by atoms with Crippen molar-refractivity contribution in [2.45, 2.75) is 31.2 Å². The topological polar surface area (TPSA) is 82.5 Å². The van der Waals surface area contributed by atoms with Gasteiger partial charge in [-0.3, -0.25) is 9.55 Å². The highest BCUT2D eigenvalue weighted by molar-refractivity contribution is 7.99. The lowest BCUT2D eigenvalue weighted by Gasteiger charge is -2.10. The molecule has 1 aromatic carbocycles. The van der Waals surface area contributed by atoms with Crippen LogP contribution in [0.25, 0.3) is 17.1 Å². The minimum Gasteiger partial charge on any atom is -0.338 e. The van der Waals surface area contributed by atoms with E-state index in [4.69, 9.17) is 4.52 Å². The van der Waals surface area contributed by atoms with Crippen LogP contribution in [-0.2, 0) is 0 Å². The van der Waals surface area contributed by atoms with Gasteiger partial charge in [0, 0.05) is 23.6 Å². The number of aromatic nitrogens is 6. The van der Waals surface area contributed by atoms with E-state index in [0.29, 0.717) is 11.7 Å². The summed E-state index contributed by atoms with van der Waals surface area (Å²) in [5, 5.41) is 13.4. The lowest BCUT2D eigenvalue weighted by molar-refractivity contribution is 0.380. The summed E-state index contributed by atoms with van der Waals surface area (Å²) in [5.74, 6) is 1.93. The van der Waals surface area contributed by atoms with Gasteiger partial charge < -0.3 is 4.52 Å². The number of pyridine rings is 1. The smallest absolute Gasteiger partial charge is 0.240 e. The standard InChI is InChI=1S/C19H18N6OS/c1-12-5-4-6-16(11-12)25-14(3)22-23-19(25)27-13(2)18-21-17(24-26-18)15-7-9-20-10-8-15/h4-11,13H,1-3H3/t13-/m0/s1. The maximum Gasteiger partial charge on any atom is 0.240 e. The summed E-state index contributed by atoms with van der Waals surface area (Å²) < 4.78 is 7.50. The normalized spacial score (nSPS) is 12.3. The van der Waals surface area contributed by atoms with Gasteiger partial charge in [0.25, 0.3) is 0 Å². The molecular formula is C19H18N6OS. The molecule has 0 unspecified atom stereocenters. The summed E-state index contributed by atoms with van der Waals surface area (Å²) >= 11 is 1.53. The van der Waals surface area contributed by atoms with Crippen LogP contribution in [-0.4, -0.2) is 29.9 Å².